The molecular weight excluding hydrogens is 498 g/mol. The van der Waals surface area contributed by atoms with Gasteiger partial charge >= 0.3 is 5.97 Å². The molecule has 3 aromatic rings. The van der Waals surface area contributed by atoms with Crippen LogP contribution in [-0.2, 0) is 9.59 Å². The number of rotatable bonds is 7. The number of halogens is 2. The zero-order chi connectivity index (χ0) is 25.1. The number of amides is 2. The van der Waals surface area contributed by atoms with E-state index in [9.17, 15) is 23.2 Å². The molecular formula is C24H16F2N2O5S2. The van der Waals surface area contributed by atoms with Gasteiger partial charge in [0.2, 0.25) is 5.91 Å². The molecule has 0 saturated carbocycles. The number of nitrogens with zero attached hydrogens (tertiary/aromatic N) is 1. The summed E-state index contributed by atoms with van der Waals surface area (Å²) in [6.45, 7) is 0.0549. The maximum Gasteiger partial charge on any atom is 0.335 e. The second kappa shape index (κ2) is 10.2. The molecule has 0 bridgehead atoms. The Bertz CT molecular complexity index is 1370. The summed E-state index contributed by atoms with van der Waals surface area (Å²) in [5.41, 5.74) is 0.875. The molecule has 0 unspecified atom stereocenters. The lowest BCUT2D eigenvalue weighted by Crippen LogP contribution is -2.31. The second-order valence-corrected chi connectivity index (χ2v) is 9.02. The molecule has 1 aliphatic rings. The molecule has 0 aliphatic carbocycles. The number of hydrogen-bond acceptors (Lipinski definition) is 6. The fourth-order valence-electron chi connectivity index (χ4n) is 3.19. The second-order valence-electron chi connectivity index (χ2n) is 7.34. The number of hydrogen-bond donors (Lipinski definition) is 2. The summed E-state index contributed by atoms with van der Waals surface area (Å²) in [4.78, 5) is 37.5. The number of carbonyl (C=O) groups is 3. The monoisotopic (exact) mass is 514 g/mol. The Morgan fingerprint density at radius 3 is 2.51 bits per heavy atom. The predicted octanol–water partition coefficient (Wildman–Crippen LogP) is 5.15. The van der Waals surface area contributed by atoms with Crippen LogP contribution in [0.25, 0.3) is 17.4 Å². The van der Waals surface area contributed by atoms with Crippen LogP contribution in [0.4, 0.5) is 14.5 Å². The van der Waals surface area contributed by atoms with Crippen molar-refractivity contribution < 1.29 is 32.7 Å². The minimum absolute atomic E-state index is 0.0264. The van der Waals surface area contributed by atoms with Crippen molar-refractivity contribution in [2.75, 3.05) is 11.9 Å². The minimum Gasteiger partial charge on any atom is -0.478 e. The number of carbonyl (C=O) groups excluding carboxylic acids is 2. The number of carboxylic acids is 1. The van der Waals surface area contributed by atoms with E-state index >= 15 is 0 Å². The lowest BCUT2D eigenvalue weighted by Gasteiger charge is -2.14. The molecule has 11 heteroatoms. The molecule has 7 nitrogen and oxygen atoms in total. The van der Waals surface area contributed by atoms with E-state index in [0.29, 0.717) is 27.7 Å². The summed E-state index contributed by atoms with van der Waals surface area (Å²) >= 11 is 6.33. The third-order valence-electron chi connectivity index (χ3n) is 4.96. The van der Waals surface area contributed by atoms with Gasteiger partial charge in [-0.1, -0.05) is 24.0 Å². The van der Waals surface area contributed by atoms with E-state index in [-0.39, 0.29) is 34.7 Å². The normalized spacial score (nSPS) is 14.6. The van der Waals surface area contributed by atoms with Crippen molar-refractivity contribution in [2.45, 2.75) is 6.42 Å². The quantitative estimate of drug-likeness (QED) is 0.332. The number of benzene rings is 2. The predicted molar refractivity (Wildman–Crippen MR) is 131 cm³/mol. The third-order valence-corrected chi connectivity index (χ3v) is 6.33. The number of thiocarbonyl (C=S) groups is 1. The number of thioether (sulfide) groups is 1. The van der Waals surface area contributed by atoms with Crippen molar-refractivity contribution in [3.05, 3.63) is 82.5 Å². The molecule has 2 heterocycles. The van der Waals surface area contributed by atoms with Gasteiger partial charge in [0.05, 0.1) is 10.5 Å². The number of nitrogens with one attached hydrogen (secondary N) is 1. The molecule has 1 saturated heterocycles. The zero-order valence-corrected chi connectivity index (χ0v) is 19.4. The van der Waals surface area contributed by atoms with Gasteiger partial charge in [0.15, 0.2) is 11.6 Å². The van der Waals surface area contributed by atoms with Crippen molar-refractivity contribution >= 4 is 57.8 Å². The Morgan fingerprint density at radius 2 is 1.83 bits per heavy atom. The number of furan rings is 1. The molecule has 1 aliphatic heterocycles. The van der Waals surface area contributed by atoms with Gasteiger partial charge < -0.3 is 14.8 Å². The Labute approximate surface area is 207 Å². The first kappa shape index (κ1) is 24.3. The van der Waals surface area contributed by atoms with E-state index in [2.05, 4.69) is 5.32 Å². The summed E-state index contributed by atoms with van der Waals surface area (Å²) < 4.78 is 32.6. The first-order valence-electron chi connectivity index (χ1n) is 10.1. The van der Waals surface area contributed by atoms with Gasteiger partial charge in [-0.15, -0.1) is 0 Å². The molecule has 0 spiro atoms. The summed E-state index contributed by atoms with van der Waals surface area (Å²) in [6.07, 6.45) is 1.47. The van der Waals surface area contributed by atoms with Crippen LogP contribution < -0.4 is 5.32 Å². The highest BCUT2D eigenvalue weighted by atomic mass is 32.2. The minimum atomic E-state index is -1.07. The average Bonchev–Trinajstić information content (AvgIpc) is 3.39. The fraction of sp³-hybridized carbons (Fsp3) is 0.0833. The van der Waals surface area contributed by atoms with Gasteiger partial charge in [0.1, 0.15) is 15.8 Å². The van der Waals surface area contributed by atoms with Crippen molar-refractivity contribution in [2.24, 2.45) is 0 Å². The standard InChI is InChI=1S/C24H16F2N2O5S2/c25-17-7-3-14(11-18(17)26)19-8-6-16(33-19)12-20-22(30)28(24(34)35-20)10-9-21(29)27-15-4-1-13(2-5-15)23(31)32/h1-8,11-12H,9-10H2,(H,27,29)(H,31,32)/b20-12-. The van der Waals surface area contributed by atoms with Crippen LogP contribution in [-0.4, -0.2) is 38.7 Å². The molecule has 0 radical (unpaired) electrons. The van der Waals surface area contributed by atoms with E-state index in [1.54, 1.807) is 12.1 Å². The van der Waals surface area contributed by atoms with Gasteiger partial charge in [-0.05, 0) is 54.6 Å². The van der Waals surface area contributed by atoms with Crippen molar-refractivity contribution in [3.63, 3.8) is 0 Å². The molecule has 35 heavy (non-hydrogen) atoms. The van der Waals surface area contributed by atoms with Crippen molar-refractivity contribution in [1.82, 2.24) is 4.90 Å². The smallest absolute Gasteiger partial charge is 0.335 e. The van der Waals surface area contributed by atoms with E-state index < -0.39 is 17.6 Å². The van der Waals surface area contributed by atoms with Crippen molar-refractivity contribution in [3.8, 4) is 11.3 Å². The molecule has 0 atom stereocenters. The average molecular weight is 515 g/mol. The van der Waals surface area contributed by atoms with Gasteiger partial charge in [0, 0.05) is 30.3 Å². The van der Waals surface area contributed by atoms with Crippen LogP contribution in [0.15, 0.2) is 63.9 Å². The number of anilines is 1. The molecule has 1 aromatic heterocycles. The highest BCUT2D eigenvalue weighted by molar-refractivity contribution is 8.26. The third kappa shape index (κ3) is 5.64. The highest BCUT2D eigenvalue weighted by Crippen LogP contribution is 2.34. The van der Waals surface area contributed by atoms with Gasteiger partial charge in [-0.3, -0.25) is 14.5 Å². The Hall–Kier alpha value is -3.83. The maximum atomic E-state index is 13.5. The van der Waals surface area contributed by atoms with E-state index in [1.165, 1.54) is 41.3 Å². The SMILES string of the molecule is O=C(CCN1C(=O)/C(=C/c2ccc(-c3ccc(F)c(F)c3)o2)SC1=S)Nc1ccc(C(=O)O)cc1. The molecule has 2 amide bonds. The lowest BCUT2D eigenvalue weighted by atomic mass is 10.1. The summed E-state index contributed by atoms with van der Waals surface area (Å²) in [7, 11) is 0. The van der Waals surface area contributed by atoms with Crippen LogP contribution in [0.2, 0.25) is 0 Å². The van der Waals surface area contributed by atoms with E-state index in [0.717, 1.165) is 23.9 Å². The van der Waals surface area contributed by atoms with Crippen LogP contribution in [0.3, 0.4) is 0 Å². The van der Waals surface area contributed by atoms with Crippen molar-refractivity contribution in [1.29, 1.82) is 0 Å². The molecule has 178 valence electrons. The van der Waals surface area contributed by atoms with E-state index in [1.807, 2.05) is 0 Å². The Balaban J connectivity index is 1.37. The van der Waals surface area contributed by atoms with Crippen LogP contribution in [0.5, 0.6) is 0 Å². The lowest BCUT2D eigenvalue weighted by molar-refractivity contribution is -0.122. The molecule has 1 fully saturated rings. The number of aromatic carboxylic acids is 1. The summed E-state index contributed by atoms with van der Waals surface area (Å²) in [5.74, 6) is -3.15. The highest BCUT2D eigenvalue weighted by Gasteiger charge is 2.32. The summed E-state index contributed by atoms with van der Waals surface area (Å²) in [6, 6.07) is 12.3. The van der Waals surface area contributed by atoms with E-state index in [4.69, 9.17) is 21.7 Å². The molecule has 4 rings (SSSR count). The van der Waals surface area contributed by atoms with Crippen LogP contribution in [0.1, 0.15) is 22.5 Å². The summed E-state index contributed by atoms with van der Waals surface area (Å²) in [5, 5.41) is 11.6. The maximum absolute atomic E-state index is 13.5. The molecule has 2 aromatic carbocycles. The largest absolute Gasteiger partial charge is 0.478 e. The topological polar surface area (TPSA) is 99.9 Å². The van der Waals surface area contributed by atoms with Gasteiger partial charge in [0.25, 0.3) is 5.91 Å². The van der Waals surface area contributed by atoms with Crippen LogP contribution in [0, 0.1) is 11.6 Å². The first-order valence-corrected chi connectivity index (χ1v) is 11.4. The zero-order valence-electron chi connectivity index (χ0n) is 17.8. The molecule has 2 N–H and O–H groups in total. The number of carboxylic acid groups (broad SMARTS) is 1. The van der Waals surface area contributed by atoms with Crippen LogP contribution >= 0.6 is 24.0 Å². The fourth-order valence-corrected chi connectivity index (χ4v) is 4.48. The van der Waals surface area contributed by atoms with Gasteiger partial charge in [-0.25, -0.2) is 13.6 Å². The Kier molecular flexibility index (Phi) is 7.08. The Morgan fingerprint density at radius 1 is 1.09 bits per heavy atom. The van der Waals surface area contributed by atoms with Gasteiger partial charge in [-0.2, -0.15) is 0 Å². The first-order chi connectivity index (χ1) is 16.7.